The number of likely N-dealkylation sites (tertiary alicyclic amines) is 1. The third-order valence-electron chi connectivity index (χ3n) is 3.51. The van der Waals surface area contributed by atoms with Crippen LogP contribution in [0.1, 0.15) is 33.1 Å². The SMILES string of the molecule is CCOCCOC1CCN(C(=O)CC(C)CN)CC1. The van der Waals surface area contributed by atoms with E-state index in [0.29, 0.717) is 26.2 Å². The van der Waals surface area contributed by atoms with Crippen LogP contribution in [0.3, 0.4) is 0 Å². The molecule has 0 bridgehead atoms. The summed E-state index contributed by atoms with van der Waals surface area (Å²) < 4.78 is 11.0. The lowest BCUT2D eigenvalue weighted by Gasteiger charge is -2.32. The summed E-state index contributed by atoms with van der Waals surface area (Å²) in [4.78, 5) is 13.9. The molecule has 0 radical (unpaired) electrons. The van der Waals surface area contributed by atoms with Crippen LogP contribution in [0, 0.1) is 5.92 Å². The maximum atomic E-state index is 12.0. The van der Waals surface area contributed by atoms with Gasteiger partial charge >= 0.3 is 0 Å². The first kappa shape index (κ1) is 16.4. The van der Waals surface area contributed by atoms with Crippen LogP contribution >= 0.6 is 0 Å². The third kappa shape index (κ3) is 6.36. The second-order valence-corrected chi connectivity index (χ2v) is 5.19. The molecule has 1 fully saturated rings. The van der Waals surface area contributed by atoms with Gasteiger partial charge in [-0.15, -0.1) is 0 Å². The third-order valence-corrected chi connectivity index (χ3v) is 3.51. The van der Waals surface area contributed by atoms with Gasteiger partial charge in [0.25, 0.3) is 0 Å². The van der Waals surface area contributed by atoms with Crippen molar-refractivity contribution in [1.29, 1.82) is 0 Å². The number of piperidine rings is 1. The first-order chi connectivity index (χ1) is 9.17. The summed E-state index contributed by atoms with van der Waals surface area (Å²) in [6, 6.07) is 0. The van der Waals surface area contributed by atoms with Gasteiger partial charge in [0.15, 0.2) is 0 Å². The molecule has 19 heavy (non-hydrogen) atoms. The molecule has 0 aromatic rings. The van der Waals surface area contributed by atoms with Gasteiger partial charge in [-0.1, -0.05) is 6.92 Å². The summed E-state index contributed by atoms with van der Waals surface area (Å²) in [5.74, 6) is 0.499. The molecule has 1 heterocycles. The Balaban J connectivity index is 2.15. The van der Waals surface area contributed by atoms with E-state index in [2.05, 4.69) is 0 Å². The maximum Gasteiger partial charge on any atom is 0.222 e. The highest BCUT2D eigenvalue weighted by molar-refractivity contribution is 5.76. The van der Waals surface area contributed by atoms with Gasteiger partial charge in [-0.25, -0.2) is 0 Å². The van der Waals surface area contributed by atoms with Crippen LogP contribution in [0.5, 0.6) is 0 Å². The molecule has 5 nitrogen and oxygen atoms in total. The Morgan fingerprint density at radius 2 is 2.05 bits per heavy atom. The number of carbonyl (C=O) groups excluding carboxylic acids is 1. The molecule has 1 aliphatic heterocycles. The van der Waals surface area contributed by atoms with Crippen molar-refractivity contribution >= 4 is 5.91 Å². The van der Waals surface area contributed by atoms with Gasteiger partial charge in [-0.05, 0) is 32.2 Å². The highest BCUT2D eigenvalue weighted by Crippen LogP contribution is 2.15. The van der Waals surface area contributed by atoms with Crippen LogP contribution in [0.15, 0.2) is 0 Å². The van der Waals surface area contributed by atoms with E-state index in [4.69, 9.17) is 15.2 Å². The summed E-state index contributed by atoms with van der Waals surface area (Å²) in [7, 11) is 0. The van der Waals surface area contributed by atoms with Crippen LogP contribution < -0.4 is 5.73 Å². The normalized spacial score (nSPS) is 18.6. The molecular weight excluding hydrogens is 244 g/mol. The topological polar surface area (TPSA) is 64.8 Å². The lowest BCUT2D eigenvalue weighted by Crippen LogP contribution is -2.41. The molecule has 0 aromatic heterocycles. The van der Waals surface area contributed by atoms with Crippen molar-refractivity contribution in [1.82, 2.24) is 4.90 Å². The lowest BCUT2D eigenvalue weighted by molar-refractivity contribution is -0.134. The molecule has 0 aliphatic carbocycles. The lowest BCUT2D eigenvalue weighted by atomic mass is 10.0. The van der Waals surface area contributed by atoms with Crippen molar-refractivity contribution in [2.45, 2.75) is 39.2 Å². The molecule has 1 atom stereocenters. The van der Waals surface area contributed by atoms with E-state index in [9.17, 15) is 4.79 Å². The Labute approximate surface area is 116 Å². The fourth-order valence-corrected chi connectivity index (χ4v) is 2.20. The zero-order chi connectivity index (χ0) is 14.1. The van der Waals surface area contributed by atoms with Gasteiger partial charge in [-0.3, -0.25) is 4.79 Å². The highest BCUT2D eigenvalue weighted by atomic mass is 16.5. The monoisotopic (exact) mass is 272 g/mol. The zero-order valence-electron chi connectivity index (χ0n) is 12.3. The predicted molar refractivity (Wildman–Crippen MR) is 74.9 cm³/mol. The average Bonchev–Trinajstić information content (AvgIpc) is 2.44. The minimum Gasteiger partial charge on any atom is -0.379 e. The van der Waals surface area contributed by atoms with E-state index in [-0.39, 0.29) is 17.9 Å². The number of ether oxygens (including phenoxy) is 2. The molecule has 0 spiro atoms. The summed E-state index contributed by atoms with van der Waals surface area (Å²) in [5, 5.41) is 0. The van der Waals surface area contributed by atoms with Crippen molar-refractivity contribution in [2.75, 3.05) is 39.5 Å². The predicted octanol–water partition coefficient (Wildman–Crippen LogP) is 1.02. The number of nitrogens with zero attached hydrogens (tertiary/aromatic N) is 1. The number of nitrogens with two attached hydrogens (primary N) is 1. The second-order valence-electron chi connectivity index (χ2n) is 5.19. The Hall–Kier alpha value is -0.650. The van der Waals surface area contributed by atoms with Crippen LogP contribution in [-0.4, -0.2) is 56.4 Å². The summed E-state index contributed by atoms with van der Waals surface area (Å²) in [6.45, 7) is 8.21. The molecule has 112 valence electrons. The fourth-order valence-electron chi connectivity index (χ4n) is 2.20. The highest BCUT2D eigenvalue weighted by Gasteiger charge is 2.23. The van der Waals surface area contributed by atoms with E-state index >= 15 is 0 Å². The Kier molecular flexibility index (Phi) is 8.02. The standard InChI is InChI=1S/C14H28N2O3/c1-3-18-8-9-19-13-4-6-16(7-5-13)14(17)10-12(2)11-15/h12-13H,3-11,15H2,1-2H3. The van der Waals surface area contributed by atoms with Gasteiger partial charge < -0.3 is 20.1 Å². The second kappa shape index (κ2) is 9.28. The molecule has 5 heteroatoms. The molecule has 1 rings (SSSR count). The first-order valence-electron chi connectivity index (χ1n) is 7.34. The summed E-state index contributed by atoms with van der Waals surface area (Å²) in [5.41, 5.74) is 5.55. The van der Waals surface area contributed by atoms with Crippen molar-refractivity contribution < 1.29 is 14.3 Å². The number of rotatable bonds is 8. The first-order valence-corrected chi connectivity index (χ1v) is 7.34. The van der Waals surface area contributed by atoms with Crippen molar-refractivity contribution in [3.05, 3.63) is 0 Å². The van der Waals surface area contributed by atoms with Gasteiger partial charge in [-0.2, -0.15) is 0 Å². The van der Waals surface area contributed by atoms with E-state index in [1.165, 1.54) is 0 Å². The quantitative estimate of drug-likeness (QED) is 0.670. The Morgan fingerprint density at radius 3 is 2.63 bits per heavy atom. The van der Waals surface area contributed by atoms with Crippen molar-refractivity contribution in [3.8, 4) is 0 Å². The maximum absolute atomic E-state index is 12.0. The minimum absolute atomic E-state index is 0.228. The van der Waals surface area contributed by atoms with Crippen LogP contribution in [-0.2, 0) is 14.3 Å². The van der Waals surface area contributed by atoms with Crippen LogP contribution in [0.25, 0.3) is 0 Å². The van der Waals surface area contributed by atoms with E-state index in [1.807, 2.05) is 18.7 Å². The van der Waals surface area contributed by atoms with Gasteiger partial charge in [0.05, 0.1) is 19.3 Å². The fraction of sp³-hybridized carbons (Fsp3) is 0.929. The molecule has 2 N–H and O–H groups in total. The molecular formula is C14H28N2O3. The van der Waals surface area contributed by atoms with Crippen LogP contribution in [0.4, 0.5) is 0 Å². The van der Waals surface area contributed by atoms with Gasteiger partial charge in [0.1, 0.15) is 0 Å². The summed E-state index contributed by atoms with van der Waals surface area (Å²) in [6.07, 6.45) is 2.69. The van der Waals surface area contributed by atoms with Crippen molar-refractivity contribution in [3.63, 3.8) is 0 Å². The van der Waals surface area contributed by atoms with Crippen molar-refractivity contribution in [2.24, 2.45) is 11.7 Å². The van der Waals surface area contributed by atoms with Gasteiger partial charge in [0, 0.05) is 26.1 Å². The molecule has 1 saturated heterocycles. The number of carbonyl (C=O) groups is 1. The molecule has 1 unspecified atom stereocenters. The van der Waals surface area contributed by atoms with E-state index in [0.717, 1.165) is 32.5 Å². The van der Waals surface area contributed by atoms with E-state index in [1.54, 1.807) is 0 Å². The van der Waals surface area contributed by atoms with Gasteiger partial charge in [0.2, 0.25) is 5.91 Å². The number of hydrogen-bond acceptors (Lipinski definition) is 4. The number of hydrogen-bond donors (Lipinski definition) is 1. The largest absolute Gasteiger partial charge is 0.379 e. The smallest absolute Gasteiger partial charge is 0.222 e. The Morgan fingerprint density at radius 1 is 1.37 bits per heavy atom. The average molecular weight is 272 g/mol. The minimum atomic E-state index is 0.228. The molecule has 0 saturated carbocycles. The molecule has 0 aromatic carbocycles. The van der Waals surface area contributed by atoms with E-state index < -0.39 is 0 Å². The molecule has 1 amide bonds. The van der Waals surface area contributed by atoms with Crippen LogP contribution in [0.2, 0.25) is 0 Å². The zero-order valence-corrected chi connectivity index (χ0v) is 12.3. The molecule has 1 aliphatic rings. The summed E-state index contributed by atoms with van der Waals surface area (Å²) >= 11 is 0. The Bertz CT molecular complexity index is 253. The number of amides is 1.